The second-order valence-electron chi connectivity index (χ2n) is 5.14. The number of hydrogen-bond acceptors (Lipinski definition) is 2. The topological polar surface area (TPSA) is 32.3 Å². The quantitative estimate of drug-likeness (QED) is 0.730. The fourth-order valence-electron chi connectivity index (χ4n) is 2.42. The molecule has 0 aromatic heterocycles. The van der Waals surface area contributed by atoms with Crippen molar-refractivity contribution in [1.29, 1.82) is 0 Å². The molecule has 1 aliphatic rings. The van der Waals surface area contributed by atoms with Gasteiger partial charge < -0.3 is 10.2 Å². The number of halogens is 4. The van der Waals surface area contributed by atoms with Crippen LogP contribution in [0.3, 0.4) is 0 Å². The van der Waals surface area contributed by atoms with Crippen molar-refractivity contribution in [2.75, 3.05) is 17.6 Å². The van der Waals surface area contributed by atoms with Crippen LogP contribution in [0.25, 0.3) is 0 Å². The zero-order valence-corrected chi connectivity index (χ0v) is 14.6. The highest BCUT2D eigenvalue weighted by Gasteiger charge is 2.32. The second-order valence-corrected chi connectivity index (χ2v) is 7.17. The van der Waals surface area contributed by atoms with Crippen molar-refractivity contribution in [3.63, 3.8) is 0 Å². The van der Waals surface area contributed by atoms with Crippen molar-refractivity contribution in [2.45, 2.75) is 5.37 Å². The minimum Gasteiger partial charge on any atom is -0.308 e. The van der Waals surface area contributed by atoms with Gasteiger partial charge >= 0.3 is 6.03 Å². The monoisotopic (exact) mass is 388 g/mol. The lowest BCUT2D eigenvalue weighted by Gasteiger charge is -2.25. The Kier molecular flexibility index (Phi) is 5.18. The van der Waals surface area contributed by atoms with Gasteiger partial charge in [0.05, 0.1) is 5.69 Å². The molecule has 2 amide bonds. The van der Waals surface area contributed by atoms with E-state index in [0.717, 1.165) is 23.8 Å². The number of anilines is 1. The van der Waals surface area contributed by atoms with E-state index in [1.807, 2.05) is 0 Å². The minimum absolute atomic E-state index is 0.196. The summed E-state index contributed by atoms with van der Waals surface area (Å²) in [7, 11) is 0. The number of hydrogen-bond donors (Lipinski definition) is 1. The molecule has 3 rings (SSSR count). The van der Waals surface area contributed by atoms with Gasteiger partial charge in [-0.1, -0.05) is 29.3 Å². The molecule has 1 heterocycles. The van der Waals surface area contributed by atoms with E-state index in [0.29, 0.717) is 22.3 Å². The predicted octanol–water partition coefficient (Wildman–Crippen LogP) is 5.55. The fraction of sp³-hybridized carbons (Fsp3) is 0.188. The van der Waals surface area contributed by atoms with Crippen LogP contribution in [0.4, 0.5) is 19.3 Å². The molecular formula is C16H12Cl2F2N2OS. The number of carbonyl (C=O) groups is 1. The number of urea groups is 1. The van der Waals surface area contributed by atoms with Gasteiger partial charge in [0, 0.05) is 34.0 Å². The lowest BCUT2D eigenvalue weighted by atomic mass is 10.2. The zero-order valence-electron chi connectivity index (χ0n) is 12.2. The Labute approximate surface area is 151 Å². The molecule has 1 N–H and O–H groups in total. The summed E-state index contributed by atoms with van der Waals surface area (Å²) in [6.45, 7) is 0.469. The van der Waals surface area contributed by atoms with Crippen LogP contribution in [0.15, 0.2) is 36.4 Å². The molecular weight excluding hydrogens is 377 g/mol. The van der Waals surface area contributed by atoms with Crippen molar-refractivity contribution >= 4 is 46.7 Å². The fourth-order valence-corrected chi connectivity index (χ4v) is 4.29. The van der Waals surface area contributed by atoms with E-state index in [9.17, 15) is 13.6 Å². The number of thioether (sulfide) groups is 1. The average molecular weight is 389 g/mol. The molecule has 3 nitrogen and oxygen atoms in total. The van der Waals surface area contributed by atoms with Gasteiger partial charge in [0.15, 0.2) is 0 Å². The van der Waals surface area contributed by atoms with Gasteiger partial charge in [-0.3, -0.25) is 0 Å². The zero-order chi connectivity index (χ0) is 17.3. The van der Waals surface area contributed by atoms with Crippen LogP contribution in [-0.2, 0) is 0 Å². The Morgan fingerprint density at radius 2 is 2.00 bits per heavy atom. The summed E-state index contributed by atoms with van der Waals surface area (Å²) < 4.78 is 26.9. The summed E-state index contributed by atoms with van der Waals surface area (Å²) >= 11 is 13.7. The Hall–Kier alpha value is -1.50. The molecule has 2 aromatic carbocycles. The van der Waals surface area contributed by atoms with E-state index < -0.39 is 17.7 Å². The third-order valence-corrected chi connectivity index (χ3v) is 5.36. The van der Waals surface area contributed by atoms with Crippen LogP contribution in [0.2, 0.25) is 10.0 Å². The minimum atomic E-state index is -0.697. The molecule has 1 aliphatic heterocycles. The van der Waals surface area contributed by atoms with Crippen LogP contribution < -0.4 is 5.32 Å². The number of rotatable bonds is 2. The number of nitrogens with one attached hydrogen (secondary N) is 1. The van der Waals surface area contributed by atoms with Gasteiger partial charge in [-0.25, -0.2) is 13.6 Å². The van der Waals surface area contributed by atoms with E-state index in [1.165, 1.54) is 16.7 Å². The van der Waals surface area contributed by atoms with Crippen LogP contribution in [-0.4, -0.2) is 23.2 Å². The molecule has 1 atom stereocenters. The highest BCUT2D eigenvalue weighted by atomic mass is 35.5. The Morgan fingerprint density at radius 3 is 2.75 bits per heavy atom. The van der Waals surface area contributed by atoms with Crippen LogP contribution in [0.5, 0.6) is 0 Å². The Morgan fingerprint density at radius 1 is 1.21 bits per heavy atom. The van der Waals surface area contributed by atoms with Crippen molar-refractivity contribution in [1.82, 2.24) is 4.90 Å². The lowest BCUT2D eigenvalue weighted by Crippen LogP contribution is -2.34. The first kappa shape index (κ1) is 17.3. The molecule has 0 bridgehead atoms. The third-order valence-electron chi connectivity index (χ3n) is 3.55. The Balaban J connectivity index is 1.82. The van der Waals surface area contributed by atoms with Crippen molar-refractivity contribution < 1.29 is 13.6 Å². The van der Waals surface area contributed by atoms with Crippen molar-refractivity contribution in [3.8, 4) is 0 Å². The number of nitrogens with zero attached hydrogens (tertiary/aromatic N) is 1. The summed E-state index contributed by atoms with van der Waals surface area (Å²) in [5.41, 5.74) is 0.552. The van der Waals surface area contributed by atoms with Gasteiger partial charge in [0.2, 0.25) is 0 Å². The predicted molar refractivity (Wildman–Crippen MR) is 93.7 cm³/mol. The summed E-state index contributed by atoms with van der Waals surface area (Å²) in [4.78, 5) is 14.0. The third kappa shape index (κ3) is 3.61. The van der Waals surface area contributed by atoms with E-state index in [4.69, 9.17) is 23.2 Å². The molecule has 126 valence electrons. The van der Waals surface area contributed by atoms with E-state index in [-0.39, 0.29) is 11.1 Å². The maximum atomic E-state index is 13.7. The number of carbonyl (C=O) groups excluding carboxylic acids is 1. The molecule has 2 aromatic rings. The molecule has 1 fully saturated rings. The molecule has 0 spiro atoms. The smallest absolute Gasteiger partial charge is 0.308 e. The average Bonchev–Trinajstić information content (AvgIpc) is 3.00. The summed E-state index contributed by atoms with van der Waals surface area (Å²) in [5.74, 6) is -0.611. The van der Waals surface area contributed by atoms with Gasteiger partial charge in [-0.05, 0) is 24.3 Å². The van der Waals surface area contributed by atoms with E-state index in [1.54, 1.807) is 18.2 Å². The first-order valence-corrected chi connectivity index (χ1v) is 8.85. The van der Waals surface area contributed by atoms with Gasteiger partial charge in [-0.2, -0.15) is 0 Å². The van der Waals surface area contributed by atoms with Gasteiger partial charge in [0.1, 0.15) is 17.0 Å². The van der Waals surface area contributed by atoms with Crippen LogP contribution in [0, 0.1) is 11.6 Å². The maximum Gasteiger partial charge on any atom is 0.323 e. The first-order valence-electron chi connectivity index (χ1n) is 7.05. The van der Waals surface area contributed by atoms with Crippen LogP contribution >= 0.6 is 35.0 Å². The van der Waals surface area contributed by atoms with Gasteiger partial charge in [-0.15, -0.1) is 11.8 Å². The first-order chi connectivity index (χ1) is 11.5. The van der Waals surface area contributed by atoms with Crippen LogP contribution in [0.1, 0.15) is 10.9 Å². The molecule has 0 radical (unpaired) electrons. The standard InChI is InChI=1S/C16H12Cl2F2N2OS/c17-9-1-3-11(12(18)7-9)15-22(5-6-24-15)16(23)21-14-8-10(19)2-4-13(14)20/h1-4,7-8,15H,5-6H2,(H,21,23). The van der Waals surface area contributed by atoms with Crippen molar-refractivity contribution in [2.24, 2.45) is 0 Å². The lowest BCUT2D eigenvalue weighted by molar-refractivity contribution is 0.214. The van der Waals surface area contributed by atoms with Crippen molar-refractivity contribution in [3.05, 3.63) is 63.6 Å². The molecule has 24 heavy (non-hydrogen) atoms. The highest BCUT2D eigenvalue weighted by molar-refractivity contribution is 7.99. The number of amides is 2. The largest absolute Gasteiger partial charge is 0.323 e. The summed E-state index contributed by atoms with van der Waals surface area (Å²) in [6, 6.07) is 7.46. The molecule has 1 saturated heterocycles. The van der Waals surface area contributed by atoms with E-state index >= 15 is 0 Å². The van der Waals surface area contributed by atoms with E-state index in [2.05, 4.69) is 5.32 Å². The maximum absolute atomic E-state index is 13.7. The van der Waals surface area contributed by atoms with Gasteiger partial charge in [0.25, 0.3) is 0 Å². The molecule has 1 unspecified atom stereocenters. The summed E-state index contributed by atoms with van der Waals surface area (Å²) in [6.07, 6.45) is 0. The number of benzene rings is 2. The normalized spacial score (nSPS) is 17.2. The Bertz CT molecular complexity index is 791. The molecule has 0 saturated carbocycles. The molecule has 0 aliphatic carbocycles. The molecule has 8 heteroatoms. The second kappa shape index (κ2) is 7.17. The SMILES string of the molecule is O=C(Nc1cc(F)ccc1F)N1CCSC1c1ccc(Cl)cc1Cl. The summed E-state index contributed by atoms with van der Waals surface area (Å²) in [5, 5.41) is 3.06. The highest BCUT2D eigenvalue weighted by Crippen LogP contribution is 2.41.